The van der Waals surface area contributed by atoms with Gasteiger partial charge in [-0.25, -0.2) is 4.68 Å². The number of hydrogen-bond acceptors (Lipinski definition) is 6. The van der Waals surface area contributed by atoms with Gasteiger partial charge >= 0.3 is 0 Å². The van der Waals surface area contributed by atoms with E-state index in [4.69, 9.17) is 4.52 Å². The predicted octanol–water partition coefficient (Wildman–Crippen LogP) is 1.59. The molecule has 4 rings (SSSR count). The first-order valence-electron chi connectivity index (χ1n) is 7.89. The van der Waals surface area contributed by atoms with Crippen LogP contribution in [0.3, 0.4) is 0 Å². The Morgan fingerprint density at radius 1 is 1.27 bits per heavy atom. The second-order valence-corrected chi connectivity index (χ2v) is 5.60. The molecule has 26 heavy (non-hydrogen) atoms. The maximum Gasteiger partial charge on any atom is 0.251 e. The van der Waals surface area contributed by atoms with Crippen molar-refractivity contribution in [2.24, 2.45) is 7.05 Å². The van der Waals surface area contributed by atoms with Crippen LogP contribution in [0.5, 0.6) is 0 Å². The van der Waals surface area contributed by atoms with E-state index >= 15 is 0 Å². The maximum absolute atomic E-state index is 12.4. The van der Waals surface area contributed by atoms with Gasteiger partial charge in [0.1, 0.15) is 0 Å². The van der Waals surface area contributed by atoms with Crippen LogP contribution in [0.15, 0.2) is 59.6 Å². The van der Waals surface area contributed by atoms with Crippen LogP contribution in [-0.2, 0) is 13.6 Å². The van der Waals surface area contributed by atoms with Crippen LogP contribution in [0.25, 0.3) is 17.1 Å². The van der Waals surface area contributed by atoms with Crippen molar-refractivity contribution in [3.05, 3.63) is 66.6 Å². The normalized spacial score (nSPS) is 10.8. The third kappa shape index (κ3) is 3.22. The van der Waals surface area contributed by atoms with Gasteiger partial charge in [-0.05, 0) is 24.3 Å². The van der Waals surface area contributed by atoms with Crippen molar-refractivity contribution >= 4 is 5.91 Å². The molecule has 1 amide bonds. The van der Waals surface area contributed by atoms with Gasteiger partial charge in [-0.2, -0.15) is 15.2 Å². The van der Waals surface area contributed by atoms with Crippen LogP contribution in [0.1, 0.15) is 16.2 Å². The van der Waals surface area contributed by atoms with E-state index < -0.39 is 0 Å². The Morgan fingerprint density at radius 3 is 2.96 bits per heavy atom. The Balaban J connectivity index is 1.43. The summed E-state index contributed by atoms with van der Waals surface area (Å²) in [7, 11) is 1.81. The minimum atomic E-state index is -0.236. The highest BCUT2D eigenvalue weighted by Gasteiger charge is 2.12. The highest BCUT2D eigenvalue weighted by atomic mass is 16.5. The minimum Gasteiger partial charge on any atom is -0.343 e. The van der Waals surface area contributed by atoms with Crippen molar-refractivity contribution in [3.63, 3.8) is 0 Å². The number of nitrogens with one attached hydrogen (secondary N) is 1. The zero-order valence-corrected chi connectivity index (χ0v) is 13.9. The van der Waals surface area contributed by atoms with Gasteiger partial charge in [-0.3, -0.25) is 9.48 Å². The van der Waals surface area contributed by atoms with Crippen molar-refractivity contribution in [3.8, 4) is 17.1 Å². The van der Waals surface area contributed by atoms with E-state index in [9.17, 15) is 4.79 Å². The van der Waals surface area contributed by atoms with Crippen LogP contribution in [0.2, 0.25) is 0 Å². The molecule has 0 radical (unpaired) electrons. The molecule has 0 atom stereocenters. The standard InChI is InChI=1S/C17H15N7O2/c1-23-11-13(9-20-23)16-21-15(26-22-16)10-18-17(25)12-4-2-5-14(8-12)24-7-3-6-19-24/h2-9,11H,10H2,1H3,(H,18,25). The molecule has 0 unspecified atom stereocenters. The van der Waals surface area contributed by atoms with Crippen molar-refractivity contribution in [1.82, 2.24) is 35.0 Å². The molecule has 0 aliphatic carbocycles. The molecule has 0 aliphatic rings. The number of carbonyl (C=O) groups excluding carboxylic acids is 1. The lowest BCUT2D eigenvalue weighted by Gasteiger charge is -2.05. The fourth-order valence-corrected chi connectivity index (χ4v) is 2.45. The summed E-state index contributed by atoms with van der Waals surface area (Å²) in [6.07, 6.45) is 6.93. The lowest BCUT2D eigenvalue weighted by atomic mass is 10.2. The molecule has 0 bridgehead atoms. The predicted molar refractivity (Wildman–Crippen MR) is 91.2 cm³/mol. The maximum atomic E-state index is 12.4. The van der Waals surface area contributed by atoms with E-state index in [0.29, 0.717) is 17.3 Å². The van der Waals surface area contributed by atoms with Crippen LogP contribution < -0.4 is 5.32 Å². The Kier molecular flexibility index (Phi) is 4.02. The van der Waals surface area contributed by atoms with Gasteiger partial charge in [0.25, 0.3) is 5.91 Å². The van der Waals surface area contributed by atoms with Gasteiger partial charge in [0.15, 0.2) is 0 Å². The highest BCUT2D eigenvalue weighted by molar-refractivity contribution is 5.94. The van der Waals surface area contributed by atoms with Crippen molar-refractivity contribution in [2.45, 2.75) is 6.54 Å². The number of hydrogen-bond donors (Lipinski definition) is 1. The number of amides is 1. The molecule has 3 aromatic heterocycles. The van der Waals surface area contributed by atoms with Gasteiger partial charge in [0.2, 0.25) is 11.7 Å². The molecular weight excluding hydrogens is 334 g/mol. The molecule has 9 heteroatoms. The second-order valence-electron chi connectivity index (χ2n) is 5.60. The van der Waals surface area contributed by atoms with Crippen molar-refractivity contribution in [1.29, 1.82) is 0 Å². The summed E-state index contributed by atoms with van der Waals surface area (Å²) in [6.45, 7) is 0.137. The molecule has 4 aromatic rings. The fourth-order valence-electron chi connectivity index (χ4n) is 2.45. The molecular formula is C17H15N7O2. The number of aryl methyl sites for hydroxylation is 1. The Morgan fingerprint density at radius 2 is 2.19 bits per heavy atom. The molecule has 0 saturated carbocycles. The Hall–Kier alpha value is -3.75. The second kappa shape index (κ2) is 6.63. The van der Waals surface area contributed by atoms with E-state index in [0.717, 1.165) is 11.3 Å². The zero-order chi connectivity index (χ0) is 17.9. The van der Waals surface area contributed by atoms with Crippen LogP contribution in [0, 0.1) is 0 Å². The lowest BCUT2D eigenvalue weighted by Crippen LogP contribution is -2.23. The molecule has 1 N–H and O–H groups in total. The lowest BCUT2D eigenvalue weighted by molar-refractivity contribution is 0.0946. The summed E-state index contributed by atoms with van der Waals surface area (Å²) in [5, 5.41) is 14.9. The third-order valence-corrected chi connectivity index (χ3v) is 3.71. The smallest absolute Gasteiger partial charge is 0.251 e. The third-order valence-electron chi connectivity index (χ3n) is 3.71. The van der Waals surface area contributed by atoms with Crippen LogP contribution in [0.4, 0.5) is 0 Å². The highest BCUT2D eigenvalue weighted by Crippen LogP contribution is 2.14. The van der Waals surface area contributed by atoms with Crippen LogP contribution in [-0.4, -0.2) is 35.6 Å². The largest absolute Gasteiger partial charge is 0.343 e. The molecule has 0 fully saturated rings. The molecule has 0 aliphatic heterocycles. The number of benzene rings is 1. The summed E-state index contributed by atoms with van der Waals surface area (Å²) in [5.74, 6) is 0.517. The topological polar surface area (TPSA) is 104 Å². The van der Waals surface area contributed by atoms with Crippen molar-refractivity contribution < 1.29 is 9.32 Å². The first kappa shape index (κ1) is 15.8. The Labute approximate surface area is 148 Å². The number of nitrogens with zero attached hydrogens (tertiary/aromatic N) is 6. The molecule has 130 valence electrons. The average molecular weight is 349 g/mol. The van der Waals surface area contributed by atoms with E-state index in [1.807, 2.05) is 25.4 Å². The Bertz CT molecular complexity index is 1030. The summed E-state index contributed by atoms with van der Waals surface area (Å²) in [5.41, 5.74) is 2.07. The van der Waals surface area contributed by atoms with E-state index in [1.54, 1.807) is 46.2 Å². The zero-order valence-electron chi connectivity index (χ0n) is 13.9. The van der Waals surface area contributed by atoms with Crippen molar-refractivity contribution in [2.75, 3.05) is 0 Å². The van der Waals surface area contributed by atoms with Gasteiger partial charge in [-0.1, -0.05) is 11.2 Å². The molecule has 0 spiro atoms. The monoisotopic (exact) mass is 349 g/mol. The van der Waals surface area contributed by atoms with Crippen LogP contribution >= 0.6 is 0 Å². The molecule has 1 aromatic carbocycles. The summed E-state index contributed by atoms with van der Waals surface area (Å²) in [4.78, 5) is 16.6. The number of carbonyl (C=O) groups is 1. The molecule has 0 saturated heterocycles. The van der Waals surface area contributed by atoms with Gasteiger partial charge in [-0.15, -0.1) is 0 Å². The van der Waals surface area contributed by atoms with E-state index in [-0.39, 0.29) is 12.5 Å². The summed E-state index contributed by atoms with van der Waals surface area (Å²) >= 11 is 0. The van der Waals surface area contributed by atoms with E-state index in [2.05, 4.69) is 25.7 Å². The van der Waals surface area contributed by atoms with Gasteiger partial charge in [0.05, 0.1) is 24.0 Å². The van der Waals surface area contributed by atoms with E-state index in [1.165, 1.54) is 0 Å². The quantitative estimate of drug-likeness (QED) is 0.587. The fraction of sp³-hybridized carbons (Fsp3) is 0.118. The summed E-state index contributed by atoms with van der Waals surface area (Å²) in [6, 6.07) is 9.00. The molecule has 3 heterocycles. The summed E-state index contributed by atoms with van der Waals surface area (Å²) < 4.78 is 8.51. The number of rotatable bonds is 5. The van der Waals surface area contributed by atoms with Gasteiger partial charge in [0, 0.05) is 31.2 Å². The van der Waals surface area contributed by atoms with Gasteiger partial charge < -0.3 is 9.84 Å². The number of aromatic nitrogens is 6. The SMILES string of the molecule is Cn1cc(-c2noc(CNC(=O)c3cccc(-n4cccn4)c3)n2)cn1. The minimum absolute atomic E-state index is 0.137. The molecule has 9 nitrogen and oxygen atoms in total. The first-order chi connectivity index (χ1) is 12.7. The first-order valence-corrected chi connectivity index (χ1v) is 7.89. The average Bonchev–Trinajstić information content (AvgIpc) is 3.41.